The molecule has 0 N–H and O–H groups in total. The third kappa shape index (κ3) is 2.29. The van der Waals surface area contributed by atoms with Crippen LogP contribution >= 0.6 is 11.3 Å². The second-order valence-electron chi connectivity index (χ2n) is 4.56. The topological polar surface area (TPSA) is 39.2 Å². The normalized spacial score (nSPS) is 10.8. The Balaban J connectivity index is 2.22. The first-order valence-corrected chi connectivity index (χ1v) is 7.17. The maximum atomic E-state index is 13.9. The number of esters is 1. The molecule has 5 heteroatoms. The third-order valence-corrected chi connectivity index (χ3v) is 4.28. The van der Waals surface area contributed by atoms with Crippen molar-refractivity contribution in [1.29, 1.82) is 0 Å². The second-order valence-corrected chi connectivity index (χ2v) is 5.76. The molecular weight excluding hydrogens is 289 g/mol. The number of thiazole rings is 1. The third-order valence-electron chi connectivity index (χ3n) is 3.28. The molecule has 1 aromatic heterocycles. The maximum Gasteiger partial charge on any atom is 0.357 e. The molecule has 3 rings (SSSR count). The standard InChI is InChI=1S/C16H12FNO2S/c1-9-14(16(19)20-2)18-15(21-9)12-7-8-13(17)11-6-4-3-5-10(11)12/h3-8H,1-2H3. The number of fused-ring (bicyclic) bond motifs is 1. The molecule has 1 heterocycles. The van der Waals surface area contributed by atoms with Gasteiger partial charge in [-0.25, -0.2) is 14.2 Å². The lowest BCUT2D eigenvalue weighted by Crippen LogP contribution is -2.03. The first kappa shape index (κ1) is 13.7. The largest absolute Gasteiger partial charge is 0.464 e. The predicted molar refractivity (Wildman–Crippen MR) is 81.1 cm³/mol. The summed E-state index contributed by atoms with van der Waals surface area (Å²) in [5.41, 5.74) is 1.13. The Hall–Kier alpha value is -2.27. The lowest BCUT2D eigenvalue weighted by atomic mass is 10.0. The van der Waals surface area contributed by atoms with Crippen LogP contribution in [0.2, 0.25) is 0 Å². The van der Waals surface area contributed by atoms with E-state index < -0.39 is 5.97 Å². The van der Waals surface area contributed by atoms with Crippen molar-refractivity contribution in [2.24, 2.45) is 0 Å². The molecule has 21 heavy (non-hydrogen) atoms. The number of hydrogen-bond acceptors (Lipinski definition) is 4. The Morgan fingerprint density at radius 3 is 2.62 bits per heavy atom. The van der Waals surface area contributed by atoms with E-state index in [1.807, 2.05) is 19.1 Å². The van der Waals surface area contributed by atoms with Gasteiger partial charge in [0.25, 0.3) is 0 Å². The predicted octanol–water partition coefficient (Wildman–Crippen LogP) is 4.20. The van der Waals surface area contributed by atoms with Crippen molar-refractivity contribution in [1.82, 2.24) is 4.98 Å². The quantitative estimate of drug-likeness (QED) is 0.666. The number of methoxy groups -OCH3 is 1. The fourth-order valence-electron chi connectivity index (χ4n) is 2.25. The molecule has 0 saturated carbocycles. The molecule has 0 amide bonds. The molecule has 2 aromatic carbocycles. The van der Waals surface area contributed by atoms with Gasteiger partial charge in [-0.15, -0.1) is 11.3 Å². The van der Waals surface area contributed by atoms with Gasteiger partial charge in [-0.05, 0) is 24.4 Å². The highest BCUT2D eigenvalue weighted by Crippen LogP contribution is 2.34. The van der Waals surface area contributed by atoms with E-state index in [0.717, 1.165) is 15.8 Å². The molecule has 0 unspecified atom stereocenters. The Morgan fingerprint density at radius 2 is 1.90 bits per heavy atom. The minimum Gasteiger partial charge on any atom is -0.464 e. The van der Waals surface area contributed by atoms with E-state index >= 15 is 0 Å². The fourth-order valence-corrected chi connectivity index (χ4v) is 3.19. The summed E-state index contributed by atoms with van der Waals surface area (Å²) in [5.74, 6) is -0.725. The molecule has 0 aliphatic rings. The second kappa shape index (κ2) is 5.26. The number of hydrogen-bond donors (Lipinski definition) is 0. The van der Waals surface area contributed by atoms with Crippen LogP contribution in [0.25, 0.3) is 21.3 Å². The highest BCUT2D eigenvalue weighted by molar-refractivity contribution is 7.15. The molecule has 0 aliphatic heterocycles. The zero-order valence-corrected chi connectivity index (χ0v) is 12.3. The van der Waals surface area contributed by atoms with Crippen molar-refractivity contribution in [2.75, 3.05) is 7.11 Å². The van der Waals surface area contributed by atoms with E-state index in [4.69, 9.17) is 4.74 Å². The lowest BCUT2D eigenvalue weighted by molar-refractivity contribution is 0.0594. The van der Waals surface area contributed by atoms with Gasteiger partial charge in [0.05, 0.1) is 7.11 Å². The molecule has 0 atom stereocenters. The van der Waals surface area contributed by atoms with Crippen molar-refractivity contribution in [3.8, 4) is 10.6 Å². The average Bonchev–Trinajstić information content (AvgIpc) is 2.89. The van der Waals surface area contributed by atoms with Crippen LogP contribution in [0.1, 0.15) is 15.4 Å². The summed E-state index contributed by atoms with van der Waals surface area (Å²) < 4.78 is 18.6. The highest BCUT2D eigenvalue weighted by Gasteiger charge is 2.18. The number of nitrogens with zero attached hydrogens (tertiary/aromatic N) is 1. The van der Waals surface area contributed by atoms with Crippen LogP contribution in [-0.4, -0.2) is 18.1 Å². The maximum absolute atomic E-state index is 13.9. The number of ether oxygens (including phenoxy) is 1. The van der Waals surface area contributed by atoms with Crippen LogP contribution in [0.5, 0.6) is 0 Å². The van der Waals surface area contributed by atoms with Crippen molar-refractivity contribution >= 4 is 28.1 Å². The van der Waals surface area contributed by atoms with E-state index in [1.165, 1.54) is 24.5 Å². The van der Waals surface area contributed by atoms with Gasteiger partial charge in [-0.2, -0.15) is 0 Å². The van der Waals surface area contributed by atoms with Gasteiger partial charge in [0, 0.05) is 15.8 Å². The Labute approximate surface area is 125 Å². The molecule has 106 valence electrons. The summed E-state index contributed by atoms with van der Waals surface area (Å²) in [6.45, 7) is 1.82. The van der Waals surface area contributed by atoms with Crippen molar-refractivity contribution in [3.05, 3.63) is 52.8 Å². The molecule has 0 bridgehead atoms. The summed E-state index contributed by atoms with van der Waals surface area (Å²) in [5, 5.41) is 2.01. The average molecular weight is 301 g/mol. The summed E-state index contributed by atoms with van der Waals surface area (Å²) in [6, 6.07) is 10.3. The highest BCUT2D eigenvalue weighted by atomic mass is 32.1. The molecule has 0 saturated heterocycles. The van der Waals surface area contributed by atoms with Crippen LogP contribution in [0.4, 0.5) is 4.39 Å². The van der Waals surface area contributed by atoms with Crippen molar-refractivity contribution in [2.45, 2.75) is 6.92 Å². The van der Waals surface area contributed by atoms with Gasteiger partial charge in [0.15, 0.2) is 5.69 Å². The molecule has 3 aromatic rings. The van der Waals surface area contributed by atoms with E-state index in [0.29, 0.717) is 16.1 Å². The zero-order valence-electron chi connectivity index (χ0n) is 11.5. The molecule has 3 nitrogen and oxygen atoms in total. The number of carbonyl (C=O) groups is 1. The van der Waals surface area contributed by atoms with Crippen LogP contribution in [0.3, 0.4) is 0 Å². The SMILES string of the molecule is COC(=O)c1nc(-c2ccc(F)c3ccccc23)sc1C. The summed E-state index contributed by atoms with van der Waals surface area (Å²) >= 11 is 1.40. The first-order chi connectivity index (χ1) is 10.1. The van der Waals surface area contributed by atoms with Gasteiger partial charge in [0.1, 0.15) is 10.8 Å². The molecule has 0 spiro atoms. The number of carbonyl (C=O) groups excluding carboxylic acids is 1. The van der Waals surface area contributed by atoms with Gasteiger partial charge in [-0.1, -0.05) is 24.3 Å². The molecule has 0 aliphatic carbocycles. The number of aryl methyl sites for hydroxylation is 1. The summed E-state index contributed by atoms with van der Waals surface area (Å²) in [7, 11) is 1.33. The summed E-state index contributed by atoms with van der Waals surface area (Å²) in [6.07, 6.45) is 0. The fraction of sp³-hybridized carbons (Fsp3) is 0.125. The number of aromatic nitrogens is 1. The van der Waals surface area contributed by atoms with Crippen LogP contribution in [0, 0.1) is 12.7 Å². The Morgan fingerprint density at radius 1 is 1.19 bits per heavy atom. The van der Waals surface area contributed by atoms with Crippen LogP contribution in [-0.2, 0) is 4.74 Å². The van der Waals surface area contributed by atoms with Gasteiger partial charge in [-0.3, -0.25) is 0 Å². The van der Waals surface area contributed by atoms with Crippen LogP contribution in [0.15, 0.2) is 36.4 Å². The number of rotatable bonds is 2. The lowest BCUT2D eigenvalue weighted by Gasteiger charge is -2.04. The number of halogens is 1. The minimum absolute atomic E-state index is 0.268. The van der Waals surface area contributed by atoms with E-state index in [1.54, 1.807) is 18.2 Å². The van der Waals surface area contributed by atoms with E-state index in [2.05, 4.69) is 4.98 Å². The molecule has 0 fully saturated rings. The monoisotopic (exact) mass is 301 g/mol. The van der Waals surface area contributed by atoms with Gasteiger partial charge in [0.2, 0.25) is 0 Å². The van der Waals surface area contributed by atoms with Crippen molar-refractivity contribution in [3.63, 3.8) is 0 Å². The minimum atomic E-state index is -0.457. The molecular formula is C16H12FNO2S. The van der Waals surface area contributed by atoms with Gasteiger partial charge < -0.3 is 4.74 Å². The smallest absolute Gasteiger partial charge is 0.357 e. The molecule has 0 radical (unpaired) electrons. The van der Waals surface area contributed by atoms with Gasteiger partial charge >= 0.3 is 5.97 Å². The Kier molecular flexibility index (Phi) is 3.43. The number of benzene rings is 2. The van der Waals surface area contributed by atoms with E-state index in [-0.39, 0.29) is 5.82 Å². The first-order valence-electron chi connectivity index (χ1n) is 6.35. The summed E-state index contributed by atoms with van der Waals surface area (Å²) in [4.78, 5) is 16.8. The van der Waals surface area contributed by atoms with Crippen LogP contribution < -0.4 is 0 Å². The Bertz CT molecular complexity index is 841. The zero-order chi connectivity index (χ0) is 15.0. The van der Waals surface area contributed by atoms with Crippen molar-refractivity contribution < 1.29 is 13.9 Å². The van der Waals surface area contributed by atoms with E-state index in [9.17, 15) is 9.18 Å².